The molecule has 120 valence electrons. The van der Waals surface area contributed by atoms with Crippen LogP contribution in [0.25, 0.3) is 0 Å². The first-order chi connectivity index (χ1) is 9.90. The Labute approximate surface area is 124 Å². The van der Waals surface area contributed by atoms with Gasteiger partial charge in [0.1, 0.15) is 6.04 Å². The second-order valence-electron chi connectivity index (χ2n) is 5.31. The third-order valence-electron chi connectivity index (χ3n) is 3.70. The number of hydrogen-bond acceptors (Lipinski definition) is 5. The van der Waals surface area contributed by atoms with Crippen molar-refractivity contribution in [2.24, 2.45) is 5.92 Å². The third kappa shape index (κ3) is 4.80. The molecule has 1 heterocycles. The average molecular weight is 300 g/mol. The van der Waals surface area contributed by atoms with E-state index in [2.05, 4.69) is 10.6 Å². The van der Waals surface area contributed by atoms with Gasteiger partial charge in [-0.25, -0.2) is 0 Å². The van der Waals surface area contributed by atoms with Crippen LogP contribution >= 0.6 is 0 Å². The minimum Gasteiger partial charge on any atom is -0.480 e. The van der Waals surface area contributed by atoms with Crippen molar-refractivity contribution in [1.29, 1.82) is 0 Å². The van der Waals surface area contributed by atoms with Gasteiger partial charge < -0.3 is 20.6 Å². The molecule has 0 spiro atoms. The second-order valence-corrected chi connectivity index (χ2v) is 5.31. The fourth-order valence-corrected chi connectivity index (χ4v) is 2.80. The van der Waals surface area contributed by atoms with Crippen molar-refractivity contribution >= 4 is 11.9 Å². The van der Waals surface area contributed by atoms with E-state index in [1.807, 2.05) is 19.1 Å². The summed E-state index contributed by atoms with van der Waals surface area (Å²) >= 11 is 0. The summed E-state index contributed by atoms with van der Waals surface area (Å²) in [4.78, 5) is 22.5. The van der Waals surface area contributed by atoms with Gasteiger partial charge in [-0.1, -0.05) is 12.2 Å². The summed E-state index contributed by atoms with van der Waals surface area (Å²) in [7, 11) is 0. The number of carboxylic acids is 1. The van der Waals surface area contributed by atoms with Crippen molar-refractivity contribution in [2.45, 2.75) is 50.9 Å². The Morgan fingerprint density at radius 1 is 1.48 bits per heavy atom. The Kier molecular flexibility index (Phi) is 6.80. The minimum absolute atomic E-state index is 0.110. The van der Waals surface area contributed by atoms with Crippen LogP contribution < -0.4 is 10.6 Å². The summed E-state index contributed by atoms with van der Waals surface area (Å²) in [5.41, 5.74) is 0. The SMILES string of the molecule is C/C=C\[C@@H]1C[C@H](C(=O)O)N[C@@H]1[C@@H](NC(C)=O)[C@@H](O)CCO. The number of carbonyl (C=O) groups is 2. The number of carboxylic acid groups (broad SMARTS) is 1. The number of aliphatic hydroxyl groups excluding tert-OH is 2. The van der Waals surface area contributed by atoms with Crippen LogP contribution in [0.15, 0.2) is 12.2 Å². The van der Waals surface area contributed by atoms with Crippen molar-refractivity contribution in [3.8, 4) is 0 Å². The molecule has 0 aromatic carbocycles. The molecule has 0 saturated carbocycles. The van der Waals surface area contributed by atoms with Crippen LogP contribution in [0.2, 0.25) is 0 Å². The normalized spacial score (nSPS) is 28.5. The zero-order valence-corrected chi connectivity index (χ0v) is 12.3. The molecule has 0 radical (unpaired) electrons. The summed E-state index contributed by atoms with van der Waals surface area (Å²) in [6, 6.07) is -1.76. The van der Waals surface area contributed by atoms with Gasteiger partial charge in [-0.3, -0.25) is 14.9 Å². The molecule has 0 unspecified atom stereocenters. The highest BCUT2D eigenvalue weighted by Gasteiger charge is 2.42. The Morgan fingerprint density at radius 2 is 2.14 bits per heavy atom. The largest absolute Gasteiger partial charge is 0.480 e. The van der Waals surface area contributed by atoms with Crippen LogP contribution in [-0.2, 0) is 9.59 Å². The Bertz CT molecular complexity index is 399. The molecule has 1 fully saturated rings. The van der Waals surface area contributed by atoms with Crippen LogP contribution in [0.3, 0.4) is 0 Å². The molecule has 7 nitrogen and oxygen atoms in total. The molecule has 0 aliphatic carbocycles. The number of carbonyl (C=O) groups excluding carboxylic acids is 1. The molecule has 0 aromatic rings. The Hall–Kier alpha value is -1.44. The lowest BCUT2D eigenvalue weighted by Crippen LogP contribution is -2.56. The first kappa shape index (κ1) is 17.6. The highest BCUT2D eigenvalue weighted by molar-refractivity contribution is 5.75. The van der Waals surface area contributed by atoms with E-state index in [1.165, 1.54) is 6.92 Å². The minimum atomic E-state index is -0.953. The molecule has 1 saturated heterocycles. The van der Waals surface area contributed by atoms with E-state index in [0.717, 1.165) is 0 Å². The molecule has 5 N–H and O–H groups in total. The van der Waals surface area contributed by atoms with Gasteiger partial charge >= 0.3 is 5.97 Å². The van der Waals surface area contributed by atoms with Crippen molar-refractivity contribution in [1.82, 2.24) is 10.6 Å². The predicted octanol–water partition coefficient (Wildman–Crippen LogP) is -0.758. The maximum Gasteiger partial charge on any atom is 0.320 e. The lowest BCUT2D eigenvalue weighted by molar-refractivity contribution is -0.139. The van der Waals surface area contributed by atoms with E-state index in [0.29, 0.717) is 6.42 Å². The lowest BCUT2D eigenvalue weighted by atomic mass is 9.89. The number of rotatable bonds is 7. The number of nitrogens with one attached hydrogen (secondary N) is 2. The highest BCUT2D eigenvalue weighted by Crippen LogP contribution is 2.26. The highest BCUT2D eigenvalue weighted by atomic mass is 16.4. The molecule has 1 amide bonds. The summed E-state index contributed by atoms with van der Waals surface area (Å²) in [6.45, 7) is 2.97. The van der Waals surface area contributed by atoms with Crippen molar-refractivity contribution in [2.75, 3.05) is 6.61 Å². The summed E-state index contributed by atoms with van der Waals surface area (Å²) < 4.78 is 0. The molecule has 1 aliphatic heterocycles. The molecule has 5 atom stereocenters. The van der Waals surface area contributed by atoms with Gasteiger partial charge in [0.15, 0.2) is 0 Å². The van der Waals surface area contributed by atoms with Gasteiger partial charge in [-0.05, 0) is 25.7 Å². The van der Waals surface area contributed by atoms with E-state index < -0.39 is 30.2 Å². The van der Waals surface area contributed by atoms with Crippen molar-refractivity contribution < 1.29 is 24.9 Å². The van der Waals surface area contributed by atoms with E-state index >= 15 is 0 Å². The molecule has 7 heteroatoms. The van der Waals surface area contributed by atoms with Crippen LogP contribution in [0.5, 0.6) is 0 Å². The Morgan fingerprint density at radius 3 is 2.62 bits per heavy atom. The monoisotopic (exact) mass is 300 g/mol. The molecule has 0 bridgehead atoms. The van der Waals surface area contributed by atoms with Gasteiger partial charge in [0.05, 0.1) is 12.1 Å². The molecule has 1 aliphatic rings. The summed E-state index contributed by atoms with van der Waals surface area (Å²) in [5, 5.41) is 33.9. The van der Waals surface area contributed by atoms with Crippen LogP contribution in [0.1, 0.15) is 26.7 Å². The Balaban J connectivity index is 2.95. The number of aliphatic hydroxyl groups is 2. The maximum absolute atomic E-state index is 11.4. The average Bonchev–Trinajstić information content (AvgIpc) is 2.80. The zero-order valence-electron chi connectivity index (χ0n) is 12.3. The molecule has 1 rings (SSSR count). The molecule has 21 heavy (non-hydrogen) atoms. The van der Waals surface area contributed by atoms with E-state index in [-0.39, 0.29) is 24.9 Å². The summed E-state index contributed by atoms with van der Waals surface area (Å²) in [5.74, 6) is -1.37. The van der Waals surface area contributed by atoms with Crippen LogP contribution in [-0.4, -0.2) is 58.0 Å². The van der Waals surface area contributed by atoms with Crippen molar-refractivity contribution in [3.63, 3.8) is 0 Å². The smallest absolute Gasteiger partial charge is 0.320 e. The first-order valence-electron chi connectivity index (χ1n) is 7.08. The molecular formula is C14H24N2O5. The van der Waals surface area contributed by atoms with Gasteiger partial charge in [0.25, 0.3) is 0 Å². The molecule has 0 aromatic heterocycles. The topological polar surface area (TPSA) is 119 Å². The van der Waals surface area contributed by atoms with E-state index in [9.17, 15) is 14.7 Å². The standard InChI is InChI=1S/C14H24N2O5/c1-3-4-9-7-10(14(20)21)16-12(9)13(15-8(2)18)11(19)5-6-17/h3-4,9-13,16-17,19H,5-7H2,1-2H3,(H,15,18)(H,20,21)/b4-3-/t9-,10-,11+,12+,13+/m1/s1. The van der Waals surface area contributed by atoms with Crippen molar-refractivity contribution in [3.05, 3.63) is 12.2 Å². The number of hydrogen-bond donors (Lipinski definition) is 5. The van der Waals surface area contributed by atoms with Gasteiger partial charge in [-0.15, -0.1) is 0 Å². The summed E-state index contributed by atoms with van der Waals surface area (Å²) in [6.07, 6.45) is 3.26. The van der Waals surface area contributed by atoms with E-state index in [4.69, 9.17) is 10.2 Å². The quantitative estimate of drug-likeness (QED) is 0.394. The third-order valence-corrected chi connectivity index (χ3v) is 3.70. The van der Waals surface area contributed by atoms with Gasteiger partial charge in [-0.2, -0.15) is 0 Å². The number of amides is 1. The second kappa shape index (κ2) is 8.11. The zero-order chi connectivity index (χ0) is 16.0. The maximum atomic E-state index is 11.4. The number of allylic oxidation sites excluding steroid dienone is 1. The lowest BCUT2D eigenvalue weighted by Gasteiger charge is -2.31. The van der Waals surface area contributed by atoms with Gasteiger partial charge in [0.2, 0.25) is 5.91 Å². The molecular weight excluding hydrogens is 276 g/mol. The van der Waals surface area contributed by atoms with Gasteiger partial charge in [0, 0.05) is 19.6 Å². The predicted molar refractivity (Wildman–Crippen MR) is 76.6 cm³/mol. The number of aliphatic carboxylic acids is 1. The first-order valence-corrected chi connectivity index (χ1v) is 7.08. The fraction of sp³-hybridized carbons (Fsp3) is 0.714. The fourth-order valence-electron chi connectivity index (χ4n) is 2.80. The van der Waals surface area contributed by atoms with Crippen LogP contribution in [0.4, 0.5) is 0 Å². The van der Waals surface area contributed by atoms with Crippen LogP contribution in [0, 0.1) is 5.92 Å². The van der Waals surface area contributed by atoms with E-state index in [1.54, 1.807) is 0 Å².